The third-order valence-electron chi connectivity index (χ3n) is 3.89. The number of carboxylic acids is 1. The van der Waals surface area contributed by atoms with Crippen LogP contribution in [0, 0.1) is 0 Å². The summed E-state index contributed by atoms with van der Waals surface area (Å²) in [5.74, 6) is -0.889. The van der Waals surface area contributed by atoms with Gasteiger partial charge in [-0.1, -0.05) is 12.8 Å². The molecule has 0 spiro atoms. The number of amides is 1. The molecule has 1 unspecified atom stereocenters. The minimum atomic E-state index is -0.824. The van der Waals surface area contributed by atoms with Crippen LogP contribution >= 0.6 is 11.3 Å². The third-order valence-corrected chi connectivity index (χ3v) is 5.12. The summed E-state index contributed by atoms with van der Waals surface area (Å²) < 4.78 is 0. The molecule has 1 aliphatic rings. The van der Waals surface area contributed by atoms with Crippen LogP contribution in [0.4, 0.5) is 0 Å². The van der Waals surface area contributed by atoms with Crippen molar-refractivity contribution in [2.75, 3.05) is 0 Å². The first kappa shape index (κ1) is 16.0. The molecule has 21 heavy (non-hydrogen) atoms. The first-order chi connectivity index (χ1) is 10.1. The number of rotatable bonds is 5. The molecule has 4 nitrogen and oxygen atoms in total. The van der Waals surface area contributed by atoms with E-state index in [4.69, 9.17) is 5.11 Å². The number of aryl methyl sites for hydroxylation is 2. The third kappa shape index (κ3) is 4.84. The van der Waals surface area contributed by atoms with Crippen molar-refractivity contribution in [1.29, 1.82) is 0 Å². The molecule has 1 aromatic heterocycles. The number of hydrogen-bond acceptors (Lipinski definition) is 3. The Morgan fingerprint density at radius 1 is 1.29 bits per heavy atom. The molecule has 5 heteroatoms. The van der Waals surface area contributed by atoms with Crippen LogP contribution in [0.25, 0.3) is 0 Å². The van der Waals surface area contributed by atoms with Gasteiger partial charge in [-0.15, -0.1) is 11.3 Å². The van der Waals surface area contributed by atoms with Gasteiger partial charge in [0.05, 0.1) is 4.88 Å². The van der Waals surface area contributed by atoms with Gasteiger partial charge in [0.2, 0.25) is 0 Å². The fourth-order valence-corrected chi connectivity index (χ4v) is 3.82. The molecule has 0 aliphatic heterocycles. The minimum absolute atomic E-state index is 0.0652. The van der Waals surface area contributed by atoms with Gasteiger partial charge in [-0.2, -0.15) is 0 Å². The maximum Gasteiger partial charge on any atom is 0.303 e. The molecule has 2 rings (SSSR count). The van der Waals surface area contributed by atoms with Crippen LogP contribution in [0.1, 0.15) is 65.6 Å². The summed E-state index contributed by atoms with van der Waals surface area (Å²) in [6.45, 7) is 1.85. The van der Waals surface area contributed by atoms with E-state index in [1.54, 1.807) is 11.3 Å². The average molecular weight is 309 g/mol. The zero-order chi connectivity index (χ0) is 15.2. The number of hydrogen-bond donors (Lipinski definition) is 2. The van der Waals surface area contributed by atoms with Crippen molar-refractivity contribution in [3.8, 4) is 0 Å². The van der Waals surface area contributed by atoms with Crippen LogP contribution in [-0.4, -0.2) is 23.0 Å². The van der Waals surface area contributed by atoms with Gasteiger partial charge >= 0.3 is 5.97 Å². The Hall–Kier alpha value is -1.36. The Bertz CT molecular complexity index is 484. The molecule has 1 aliphatic carbocycles. The van der Waals surface area contributed by atoms with Gasteiger partial charge in [0.15, 0.2) is 0 Å². The predicted molar refractivity (Wildman–Crippen MR) is 84.0 cm³/mol. The van der Waals surface area contributed by atoms with E-state index in [0.717, 1.165) is 17.7 Å². The second kappa shape index (κ2) is 7.59. The van der Waals surface area contributed by atoms with Crippen LogP contribution in [0.2, 0.25) is 0 Å². The second-order valence-electron chi connectivity index (χ2n) is 5.78. The van der Waals surface area contributed by atoms with Gasteiger partial charge in [0.25, 0.3) is 5.91 Å². The maximum atomic E-state index is 12.2. The average Bonchev–Trinajstić information content (AvgIpc) is 2.79. The van der Waals surface area contributed by atoms with Crippen molar-refractivity contribution in [3.05, 3.63) is 21.4 Å². The molecule has 0 bridgehead atoms. The summed E-state index contributed by atoms with van der Waals surface area (Å²) in [7, 11) is 0. The fraction of sp³-hybridized carbons (Fsp3) is 0.625. The molecular formula is C16H23NO3S. The van der Waals surface area contributed by atoms with E-state index < -0.39 is 5.97 Å². The van der Waals surface area contributed by atoms with Crippen LogP contribution < -0.4 is 5.32 Å². The van der Waals surface area contributed by atoms with Crippen LogP contribution in [0.5, 0.6) is 0 Å². The smallest absolute Gasteiger partial charge is 0.303 e. The Balaban J connectivity index is 1.96. The van der Waals surface area contributed by atoms with Gasteiger partial charge in [-0.25, -0.2) is 0 Å². The van der Waals surface area contributed by atoms with E-state index in [1.165, 1.54) is 36.1 Å². The molecule has 0 saturated carbocycles. The Morgan fingerprint density at radius 3 is 2.71 bits per heavy atom. The van der Waals surface area contributed by atoms with Gasteiger partial charge < -0.3 is 10.4 Å². The van der Waals surface area contributed by atoms with E-state index in [2.05, 4.69) is 5.32 Å². The molecule has 116 valence electrons. The van der Waals surface area contributed by atoms with Gasteiger partial charge in [-0.05, 0) is 50.7 Å². The van der Waals surface area contributed by atoms with E-state index in [0.29, 0.717) is 6.42 Å². The molecule has 1 aromatic rings. The fourth-order valence-electron chi connectivity index (χ4n) is 2.66. The van der Waals surface area contributed by atoms with Crippen molar-refractivity contribution in [3.63, 3.8) is 0 Å². The van der Waals surface area contributed by atoms with Crippen LogP contribution in [0.3, 0.4) is 0 Å². The number of aliphatic carboxylic acids is 1. The number of carboxylic acid groups (broad SMARTS) is 1. The Morgan fingerprint density at radius 2 is 2.00 bits per heavy atom. The first-order valence-corrected chi connectivity index (χ1v) is 8.52. The summed E-state index contributed by atoms with van der Waals surface area (Å²) in [6.07, 6.45) is 7.70. The van der Waals surface area contributed by atoms with Crippen molar-refractivity contribution >= 4 is 23.2 Å². The number of thiophene rings is 1. The summed E-state index contributed by atoms with van der Waals surface area (Å²) >= 11 is 1.60. The lowest BCUT2D eigenvalue weighted by Gasteiger charge is -2.11. The lowest BCUT2D eigenvalue weighted by Crippen LogP contribution is -2.32. The van der Waals surface area contributed by atoms with Crippen molar-refractivity contribution in [2.24, 2.45) is 0 Å². The summed E-state index contributed by atoms with van der Waals surface area (Å²) in [4.78, 5) is 24.9. The number of carbonyl (C=O) groups is 2. The molecule has 1 amide bonds. The monoisotopic (exact) mass is 309 g/mol. The van der Waals surface area contributed by atoms with E-state index in [-0.39, 0.29) is 18.4 Å². The largest absolute Gasteiger partial charge is 0.481 e. The minimum Gasteiger partial charge on any atom is -0.481 e. The highest BCUT2D eigenvalue weighted by Crippen LogP contribution is 2.28. The zero-order valence-corrected chi connectivity index (χ0v) is 13.3. The van der Waals surface area contributed by atoms with Crippen molar-refractivity contribution in [2.45, 2.75) is 64.3 Å². The summed E-state index contributed by atoms with van der Waals surface area (Å²) in [5, 5.41) is 11.6. The summed E-state index contributed by atoms with van der Waals surface area (Å²) in [5.41, 5.74) is 1.34. The topological polar surface area (TPSA) is 66.4 Å². The molecular weight excluding hydrogens is 286 g/mol. The predicted octanol–water partition coefficient (Wildman–Crippen LogP) is 3.39. The highest BCUT2D eigenvalue weighted by Gasteiger charge is 2.17. The van der Waals surface area contributed by atoms with E-state index >= 15 is 0 Å². The lowest BCUT2D eigenvalue weighted by atomic mass is 10.00. The van der Waals surface area contributed by atoms with Gasteiger partial charge in [0, 0.05) is 17.3 Å². The second-order valence-corrected chi connectivity index (χ2v) is 6.92. The van der Waals surface area contributed by atoms with Crippen LogP contribution in [-0.2, 0) is 17.6 Å². The standard InChI is InChI=1S/C16H23NO3S/c1-11(8-9-15(18)19)17-16(20)14-10-12-6-4-2-3-5-7-13(12)21-14/h10-11H,2-9H2,1H3,(H,17,20)(H,18,19). The number of carbonyl (C=O) groups excluding carboxylic acids is 1. The lowest BCUT2D eigenvalue weighted by molar-refractivity contribution is -0.137. The molecule has 1 heterocycles. The number of nitrogens with one attached hydrogen (secondary N) is 1. The molecule has 0 radical (unpaired) electrons. The SMILES string of the molecule is CC(CCC(=O)O)NC(=O)c1cc2c(s1)CCCCCC2. The first-order valence-electron chi connectivity index (χ1n) is 7.70. The highest BCUT2D eigenvalue weighted by atomic mass is 32.1. The quantitative estimate of drug-likeness (QED) is 0.876. The van der Waals surface area contributed by atoms with E-state index in [9.17, 15) is 9.59 Å². The maximum absolute atomic E-state index is 12.2. The molecule has 0 saturated heterocycles. The molecule has 0 fully saturated rings. The Kier molecular flexibility index (Phi) is 5.79. The van der Waals surface area contributed by atoms with Crippen molar-refractivity contribution in [1.82, 2.24) is 5.32 Å². The number of fused-ring (bicyclic) bond motifs is 1. The van der Waals surface area contributed by atoms with Crippen LogP contribution in [0.15, 0.2) is 6.07 Å². The normalized spacial score (nSPS) is 16.4. The van der Waals surface area contributed by atoms with Gasteiger partial charge in [0.1, 0.15) is 0 Å². The highest BCUT2D eigenvalue weighted by molar-refractivity contribution is 7.14. The molecule has 1 atom stereocenters. The van der Waals surface area contributed by atoms with Crippen molar-refractivity contribution < 1.29 is 14.7 Å². The summed E-state index contributed by atoms with van der Waals surface area (Å²) in [6, 6.07) is 1.92. The molecule has 2 N–H and O–H groups in total. The Labute approximate surface area is 129 Å². The van der Waals surface area contributed by atoms with Gasteiger partial charge in [-0.3, -0.25) is 9.59 Å². The molecule has 0 aromatic carbocycles. The van der Waals surface area contributed by atoms with E-state index in [1.807, 2.05) is 13.0 Å². The zero-order valence-electron chi connectivity index (χ0n) is 12.5.